The van der Waals surface area contributed by atoms with Crippen molar-refractivity contribution < 1.29 is 14.1 Å². The van der Waals surface area contributed by atoms with Gasteiger partial charge in [-0.15, -0.1) is 0 Å². The van der Waals surface area contributed by atoms with Crippen LogP contribution in [0.4, 0.5) is 0 Å². The van der Waals surface area contributed by atoms with Crippen molar-refractivity contribution >= 4 is 5.91 Å². The number of piperazine rings is 1. The van der Waals surface area contributed by atoms with Gasteiger partial charge in [0.15, 0.2) is 5.76 Å². The number of hydrogen-bond donors (Lipinski definition) is 0. The summed E-state index contributed by atoms with van der Waals surface area (Å²) in [6, 6.07) is 12.0. The van der Waals surface area contributed by atoms with Crippen molar-refractivity contribution in [3.8, 4) is 11.3 Å². The zero-order chi connectivity index (χ0) is 16.1. The van der Waals surface area contributed by atoms with E-state index in [0.717, 1.165) is 43.2 Å². The van der Waals surface area contributed by atoms with Crippen molar-refractivity contribution in [3.63, 3.8) is 0 Å². The zero-order valence-corrected chi connectivity index (χ0v) is 13.3. The minimum Gasteiger partial charge on any atom is -0.375 e. The summed E-state index contributed by atoms with van der Waals surface area (Å²) >= 11 is 0. The topological polar surface area (TPSA) is 58.8 Å². The molecule has 1 saturated heterocycles. The van der Waals surface area contributed by atoms with Gasteiger partial charge >= 0.3 is 0 Å². The van der Waals surface area contributed by atoms with E-state index in [2.05, 4.69) is 10.1 Å². The van der Waals surface area contributed by atoms with E-state index < -0.39 is 0 Å². The fraction of sp³-hybridized carbons (Fsp3) is 0.412. The molecular formula is C17H21N3O3. The molecular weight excluding hydrogens is 294 g/mol. The highest BCUT2D eigenvalue weighted by Gasteiger charge is 2.21. The number of ether oxygens (including phenoxy) is 1. The van der Waals surface area contributed by atoms with Gasteiger partial charge in [-0.3, -0.25) is 9.69 Å². The molecule has 1 aliphatic heterocycles. The van der Waals surface area contributed by atoms with Gasteiger partial charge < -0.3 is 14.2 Å². The van der Waals surface area contributed by atoms with Crippen molar-refractivity contribution in [2.75, 3.05) is 39.9 Å². The molecule has 23 heavy (non-hydrogen) atoms. The lowest BCUT2D eigenvalue weighted by atomic mass is 10.1. The van der Waals surface area contributed by atoms with Gasteiger partial charge in [0, 0.05) is 44.9 Å². The Morgan fingerprint density at radius 3 is 2.65 bits per heavy atom. The molecule has 0 saturated carbocycles. The molecule has 2 heterocycles. The van der Waals surface area contributed by atoms with Gasteiger partial charge in [-0.1, -0.05) is 35.5 Å². The summed E-state index contributed by atoms with van der Waals surface area (Å²) in [5, 5.41) is 4.14. The lowest BCUT2D eigenvalue weighted by molar-refractivity contribution is -0.137. The third kappa shape index (κ3) is 3.97. The van der Waals surface area contributed by atoms with E-state index in [1.165, 1.54) is 0 Å². The first-order valence-corrected chi connectivity index (χ1v) is 7.76. The highest BCUT2D eigenvalue weighted by atomic mass is 16.5. The van der Waals surface area contributed by atoms with E-state index in [0.29, 0.717) is 6.54 Å². The van der Waals surface area contributed by atoms with Crippen LogP contribution >= 0.6 is 0 Å². The lowest BCUT2D eigenvalue weighted by Crippen LogP contribution is -2.49. The standard InChI is InChI=1S/C17H21N3O3/c1-22-13-17(21)20-9-7-19(8-10-20)12-15-11-16(18-23-15)14-5-3-2-4-6-14/h2-6,11H,7-10,12-13H2,1H3. The number of methoxy groups -OCH3 is 1. The van der Waals surface area contributed by atoms with Gasteiger partial charge in [0.1, 0.15) is 12.3 Å². The highest BCUT2D eigenvalue weighted by molar-refractivity contribution is 5.77. The Kier molecular flexibility index (Phi) is 5.05. The van der Waals surface area contributed by atoms with Crippen molar-refractivity contribution in [3.05, 3.63) is 42.2 Å². The van der Waals surface area contributed by atoms with E-state index in [1.807, 2.05) is 41.3 Å². The minimum atomic E-state index is 0.0539. The average Bonchev–Trinajstić information content (AvgIpc) is 3.05. The minimum absolute atomic E-state index is 0.0539. The predicted octanol–water partition coefficient (Wildman–Crippen LogP) is 1.63. The maximum absolute atomic E-state index is 11.8. The second-order valence-corrected chi connectivity index (χ2v) is 5.63. The maximum atomic E-state index is 11.8. The molecule has 0 atom stereocenters. The van der Waals surface area contributed by atoms with Gasteiger partial charge in [-0.25, -0.2) is 0 Å². The van der Waals surface area contributed by atoms with Crippen LogP contribution < -0.4 is 0 Å². The molecule has 0 aliphatic carbocycles. The van der Waals surface area contributed by atoms with Gasteiger partial charge in [0.25, 0.3) is 0 Å². The van der Waals surface area contributed by atoms with E-state index in [1.54, 1.807) is 7.11 Å². The summed E-state index contributed by atoms with van der Waals surface area (Å²) < 4.78 is 10.3. The average molecular weight is 315 g/mol. The molecule has 1 aromatic carbocycles. The molecule has 0 spiro atoms. The molecule has 3 rings (SSSR count). The smallest absolute Gasteiger partial charge is 0.248 e. The molecule has 6 nitrogen and oxygen atoms in total. The molecule has 0 N–H and O–H groups in total. The Morgan fingerprint density at radius 2 is 1.96 bits per heavy atom. The predicted molar refractivity (Wildman–Crippen MR) is 85.7 cm³/mol. The Labute approximate surface area is 135 Å². The first-order chi connectivity index (χ1) is 11.3. The lowest BCUT2D eigenvalue weighted by Gasteiger charge is -2.34. The number of nitrogens with zero attached hydrogens (tertiary/aromatic N) is 3. The van der Waals surface area contributed by atoms with Crippen LogP contribution in [0, 0.1) is 0 Å². The van der Waals surface area contributed by atoms with Crippen LogP contribution in [-0.4, -0.2) is 60.8 Å². The Balaban J connectivity index is 1.53. The monoisotopic (exact) mass is 315 g/mol. The van der Waals surface area contributed by atoms with E-state index in [-0.39, 0.29) is 12.5 Å². The molecule has 1 aliphatic rings. The number of amides is 1. The number of carbonyl (C=O) groups excluding carboxylic acids is 1. The van der Waals surface area contributed by atoms with Crippen molar-refractivity contribution in [1.29, 1.82) is 0 Å². The quantitative estimate of drug-likeness (QED) is 0.839. The summed E-state index contributed by atoms with van der Waals surface area (Å²) in [6.45, 7) is 3.98. The van der Waals surface area contributed by atoms with Crippen LogP contribution in [0.3, 0.4) is 0 Å². The van der Waals surface area contributed by atoms with Crippen molar-refractivity contribution in [1.82, 2.24) is 15.0 Å². The summed E-state index contributed by atoms with van der Waals surface area (Å²) in [5.74, 6) is 0.902. The third-order valence-corrected chi connectivity index (χ3v) is 4.00. The molecule has 1 amide bonds. The Hall–Kier alpha value is -2.18. The fourth-order valence-electron chi connectivity index (χ4n) is 2.72. The number of benzene rings is 1. The van der Waals surface area contributed by atoms with Crippen molar-refractivity contribution in [2.45, 2.75) is 6.54 Å². The normalized spacial score (nSPS) is 15.8. The molecule has 1 fully saturated rings. The van der Waals surface area contributed by atoms with Gasteiger partial charge in [-0.05, 0) is 0 Å². The molecule has 0 unspecified atom stereocenters. The second kappa shape index (κ2) is 7.39. The number of rotatable bonds is 5. The summed E-state index contributed by atoms with van der Waals surface area (Å²) in [5.41, 5.74) is 1.91. The van der Waals surface area contributed by atoms with Gasteiger partial charge in [0.2, 0.25) is 5.91 Å². The Morgan fingerprint density at radius 1 is 1.22 bits per heavy atom. The summed E-state index contributed by atoms with van der Waals surface area (Å²) in [6.07, 6.45) is 0. The second-order valence-electron chi connectivity index (χ2n) is 5.63. The van der Waals surface area contributed by atoms with E-state index >= 15 is 0 Å². The van der Waals surface area contributed by atoms with Crippen LogP contribution in [0.1, 0.15) is 5.76 Å². The fourth-order valence-corrected chi connectivity index (χ4v) is 2.72. The van der Waals surface area contributed by atoms with Crippen LogP contribution in [0.25, 0.3) is 11.3 Å². The van der Waals surface area contributed by atoms with Gasteiger partial charge in [0.05, 0.1) is 6.54 Å². The highest BCUT2D eigenvalue weighted by Crippen LogP contribution is 2.19. The molecule has 122 valence electrons. The summed E-state index contributed by atoms with van der Waals surface area (Å²) in [7, 11) is 1.54. The first kappa shape index (κ1) is 15.7. The number of aromatic nitrogens is 1. The van der Waals surface area contributed by atoms with E-state index in [9.17, 15) is 4.79 Å². The van der Waals surface area contributed by atoms with Crippen LogP contribution in [-0.2, 0) is 16.1 Å². The third-order valence-electron chi connectivity index (χ3n) is 4.00. The van der Waals surface area contributed by atoms with Crippen molar-refractivity contribution in [2.24, 2.45) is 0 Å². The molecule has 0 radical (unpaired) electrons. The van der Waals surface area contributed by atoms with Gasteiger partial charge in [-0.2, -0.15) is 0 Å². The Bertz CT molecular complexity index is 634. The van der Waals surface area contributed by atoms with Crippen LogP contribution in [0.2, 0.25) is 0 Å². The largest absolute Gasteiger partial charge is 0.375 e. The van der Waals surface area contributed by atoms with E-state index in [4.69, 9.17) is 9.26 Å². The molecule has 0 bridgehead atoms. The molecule has 6 heteroatoms. The number of carbonyl (C=O) groups is 1. The SMILES string of the molecule is COCC(=O)N1CCN(Cc2cc(-c3ccccc3)no2)CC1. The summed E-state index contributed by atoms with van der Waals surface area (Å²) in [4.78, 5) is 15.9. The zero-order valence-electron chi connectivity index (χ0n) is 13.3. The molecule has 2 aromatic rings. The number of hydrogen-bond acceptors (Lipinski definition) is 5. The maximum Gasteiger partial charge on any atom is 0.248 e. The van der Waals surface area contributed by atoms with Crippen LogP contribution in [0.5, 0.6) is 0 Å². The van der Waals surface area contributed by atoms with Crippen LogP contribution in [0.15, 0.2) is 40.9 Å². The molecule has 1 aromatic heterocycles. The first-order valence-electron chi connectivity index (χ1n) is 7.76.